The second-order valence-electron chi connectivity index (χ2n) is 5.13. The molecule has 0 spiro atoms. The number of halogens is 2. The Hall–Kier alpha value is 0.163. The average molecular weight is 407 g/mol. The zero-order valence-electron chi connectivity index (χ0n) is 14.0. The third-order valence-corrected chi connectivity index (χ3v) is 4.70. The molecule has 3 heteroatoms. The molecule has 0 radical (unpaired) electrons. The van der Waals surface area contributed by atoms with E-state index < -0.39 is 0 Å². The van der Waals surface area contributed by atoms with Crippen molar-refractivity contribution in [1.29, 1.82) is 0 Å². The first-order valence-corrected chi connectivity index (χ1v) is 9.21. The van der Waals surface area contributed by atoms with Crippen molar-refractivity contribution < 1.29 is 22.3 Å². The molecule has 0 saturated carbocycles. The summed E-state index contributed by atoms with van der Waals surface area (Å²) in [5.41, 5.74) is 2.69. The molecule has 0 N–H and O–H groups in total. The standard InChI is InChI=1S/2C6H7.2C3H6.2ClH.Zr/c2*1-6-4-2-3-5-6;2*1-3-2;;;/h2*4-5H,2H2,1H3;2*1-2H3;2*1H;/q2*-1;;;;;. The molecule has 0 fully saturated rings. The largest absolute Gasteiger partial charge is 0.147 e. The molecule has 0 nitrogen and oxygen atoms in total. The van der Waals surface area contributed by atoms with E-state index in [1.807, 2.05) is 12.2 Å². The Morgan fingerprint density at radius 1 is 0.810 bits per heavy atom. The SMILES string of the molecule is CC1=CC[C-]=C1.CC1=CC[C-]=C1.C[C](C)=[Zr]=[C](C)C.Cl.Cl. The van der Waals surface area contributed by atoms with Crippen molar-refractivity contribution in [3.63, 3.8) is 0 Å². The summed E-state index contributed by atoms with van der Waals surface area (Å²) >= 11 is -0.128. The second-order valence-corrected chi connectivity index (χ2v) is 10.7. The fraction of sp³-hybridized carbons (Fsp3) is 0.444. The quantitative estimate of drug-likeness (QED) is 0.451. The van der Waals surface area contributed by atoms with Crippen LogP contribution in [0.15, 0.2) is 35.5 Å². The van der Waals surface area contributed by atoms with E-state index >= 15 is 0 Å². The van der Waals surface area contributed by atoms with Crippen LogP contribution in [0.2, 0.25) is 0 Å². The van der Waals surface area contributed by atoms with E-state index in [0.29, 0.717) is 0 Å². The van der Waals surface area contributed by atoms with Crippen LogP contribution in [0, 0.1) is 12.2 Å². The van der Waals surface area contributed by atoms with Crippen LogP contribution in [0.4, 0.5) is 0 Å². The van der Waals surface area contributed by atoms with Crippen molar-refractivity contribution in [2.24, 2.45) is 0 Å². The molecule has 0 aromatic rings. The van der Waals surface area contributed by atoms with Crippen LogP contribution in [0.3, 0.4) is 0 Å². The minimum Gasteiger partial charge on any atom is -0.147 e. The molecule has 2 rings (SSSR count). The van der Waals surface area contributed by atoms with Gasteiger partial charge in [0.2, 0.25) is 0 Å². The zero-order valence-corrected chi connectivity index (χ0v) is 18.1. The molecular formula is C18H28Cl2Zr-2. The molecule has 0 aromatic heterocycles. The van der Waals surface area contributed by atoms with Gasteiger partial charge in [0, 0.05) is 0 Å². The van der Waals surface area contributed by atoms with Crippen molar-refractivity contribution in [3.8, 4) is 0 Å². The second kappa shape index (κ2) is 16.5. The average Bonchev–Trinajstić information content (AvgIpc) is 2.91. The molecule has 2 aliphatic carbocycles. The molecule has 21 heavy (non-hydrogen) atoms. The molecule has 0 aliphatic heterocycles. The van der Waals surface area contributed by atoms with Crippen LogP contribution in [-0.4, -0.2) is 6.41 Å². The monoisotopic (exact) mass is 404 g/mol. The van der Waals surface area contributed by atoms with E-state index in [1.165, 1.54) is 11.1 Å². The fourth-order valence-electron chi connectivity index (χ4n) is 1.50. The molecular weight excluding hydrogens is 378 g/mol. The van der Waals surface area contributed by atoms with Crippen LogP contribution in [0.5, 0.6) is 0 Å². The summed E-state index contributed by atoms with van der Waals surface area (Å²) in [4.78, 5) is 0. The molecule has 2 aliphatic rings. The smallest absolute Gasteiger partial charge is 0.147 e. The number of hydrogen-bond donors (Lipinski definition) is 0. The summed E-state index contributed by atoms with van der Waals surface area (Å²) in [5, 5.41) is 0. The fourth-order valence-corrected chi connectivity index (χ4v) is 3.96. The van der Waals surface area contributed by atoms with Crippen molar-refractivity contribution in [2.75, 3.05) is 0 Å². The first-order chi connectivity index (χ1) is 8.91. The Balaban J connectivity index is -0.000000221. The number of allylic oxidation sites excluding steroid dienone is 8. The maximum Gasteiger partial charge on any atom is -0.147 e. The predicted molar refractivity (Wildman–Crippen MR) is 99.6 cm³/mol. The Labute approximate surface area is 154 Å². The maximum absolute atomic E-state index is 3.05. The van der Waals surface area contributed by atoms with Gasteiger partial charge in [0.1, 0.15) is 0 Å². The Kier molecular flexibility index (Phi) is 20.5. The molecule has 120 valence electrons. The van der Waals surface area contributed by atoms with E-state index in [-0.39, 0.29) is 47.1 Å². The minimum atomic E-state index is -0.128. The van der Waals surface area contributed by atoms with Gasteiger partial charge in [-0.05, 0) is 0 Å². The van der Waals surface area contributed by atoms with Crippen molar-refractivity contribution in [1.82, 2.24) is 0 Å². The third-order valence-electron chi connectivity index (χ3n) is 2.24. The summed E-state index contributed by atoms with van der Waals surface area (Å²) in [6, 6.07) is 0. The summed E-state index contributed by atoms with van der Waals surface area (Å²) in [7, 11) is 0. The summed E-state index contributed by atoms with van der Waals surface area (Å²) in [5.74, 6) is 0. The van der Waals surface area contributed by atoms with Crippen LogP contribution in [0.25, 0.3) is 0 Å². The van der Waals surface area contributed by atoms with Gasteiger partial charge in [0.25, 0.3) is 0 Å². The first-order valence-electron chi connectivity index (χ1n) is 6.76. The Morgan fingerprint density at radius 2 is 1.14 bits per heavy atom. The van der Waals surface area contributed by atoms with Gasteiger partial charge >= 0.3 is 56.4 Å². The third kappa shape index (κ3) is 20.2. The van der Waals surface area contributed by atoms with E-state index in [4.69, 9.17) is 0 Å². The molecule has 0 saturated heterocycles. The minimum absolute atomic E-state index is 0. The van der Waals surface area contributed by atoms with Crippen molar-refractivity contribution in [2.45, 2.75) is 54.4 Å². The van der Waals surface area contributed by atoms with Gasteiger partial charge in [-0.2, -0.15) is 12.2 Å². The van der Waals surface area contributed by atoms with Gasteiger partial charge in [-0.25, -0.2) is 23.3 Å². The van der Waals surface area contributed by atoms with Gasteiger partial charge in [0.15, 0.2) is 0 Å². The predicted octanol–water partition coefficient (Wildman–Crippen LogP) is 5.73. The van der Waals surface area contributed by atoms with E-state index in [2.05, 4.69) is 65.8 Å². The normalized spacial score (nSPS) is 13.0. The van der Waals surface area contributed by atoms with Crippen molar-refractivity contribution in [3.05, 3.63) is 47.6 Å². The van der Waals surface area contributed by atoms with E-state index in [9.17, 15) is 0 Å². The van der Waals surface area contributed by atoms with Gasteiger partial charge in [0.05, 0.1) is 0 Å². The molecule has 0 bridgehead atoms. The van der Waals surface area contributed by atoms with Gasteiger partial charge in [-0.15, -0.1) is 51.5 Å². The molecule has 0 amide bonds. The molecule has 0 atom stereocenters. The first kappa shape index (κ1) is 26.1. The topological polar surface area (TPSA) is 0 Å². The van der Waals surface area contributed by atoms with Crippen LogP contribution >= 0.6 is 24.8 Å². The Bertz CT molecular complexity index is 406. The number of rotatable bonds is 0. The zero-order chi connectivity index (χ0) is 14.7. The summed E-state index contributed by atoms with van der Waals surface area (Å²) < 4.78 is 3.34. The van der Waals surface area contributed by atoms with E-state index in [1.54, 1.807) is 6.41 Å². The van der Waals surface area contributed by atoms with Crippen LogP contribution in [-0.2, 0) is 22.3 Å². The molecule has 0 heterocycles. The van der Waals surface area contributed by atoms with Gasteiger partial charge in [-0.1, -0.05) is 0 Å². The van der Waals surface area contributed by atoms with E-state index in [0.717, 1.165) is 12.8 Å². The number of hydrogen-bond acceptors (Lipinski definition) is 0. The van der Waals surface area contributed by atoms with Gasteiger partial charge in [-0.3, -0.25) is 12.2 Å². The van der Waals surface area contributed by atoms with Crippen LogP contribution in [0.1, 0.15) is 54.4 Å². The Morgan fingerprint density at radius 3 is 1.19 bits per heavy atom. The maximum atomic E-state index is 3.05. The van der Waals surface area contributed by atoms with Crippen LogP contribution < -0.4 is 0 Å². The molecule has 0 unspecified atom stereocenters. The van der Waals surface area contributed by atoms with Crippen molar-refractivity contribution >= 4 is 31.2 Å². The van der Waals surface area contributed by atoms with Gasteiger partial charge < -0.3 is 0 Å². The summed E-state index contributed by atoms with van der Waals surface area (Å²) in [6.07, 6.45) is 16.5. The summed E-state index contributed by atoms with van der Waals surface area (Å²) in [6.45, 7) is 13.1. The molecule has 0 aromatic carbocycles.